The third-order valence-electron chi connectivity index (χ3n) is 20.5. The Morgan fingerprint density at radius 2 is 0.624 bits per heavy atom. The lowest BCUT2D eigenvalue weighted by atomic mass is 9.92. The summed E-state index contributed by atoms with van der Waals surface area (Å²) in [6.45, 7) is 44.3. The molecule has 7 aromatic rings. The van der Waals surface area contributed by atoms with Crippen molar-refractivity contribution in [3.05, 3.63) is 278 Å². The minimum atomic E-state index is -0.850. The van der Waals surface area contributed by atoms with E-state index >= 15 is 0 Å². The molecule has 3 fully saturated rings. The zero-order valence-corrected chi connectivity index (χ0v) is 69.3. The molecule has 6 N–H and O–H groups in total. The summed E-state index contributed by atoms with van der Waals surface area (Å²) in [6.07, 6.45) is 10.2. The van der Waals surface area contributed by atoms with E-state index in [9.17, 15) is 17.6 Å². The number of halogens is 8. The molecule has 0 unspecified atom stereocenters. The van der Waals surface area contributed by atoms with Crippen LogP contribution in [0, 0.1) is 58.8 Å². The summed E-state index contributed by atoms with van der Waals surface area (Å²) in [5, 5.41) is 28.1. The second-order valence-corrected chi connectivity index (χ2v) is 31.4. The number of aromatic nitrogens is 2. The number of benzene rings is 6. The van der Waals surface area contributed by atoms with Crippen LogP contribution in [0.15, 0.2) is 232 Å². The number of hydrazone groups is 6. The van der Waals surface area contributed by atoms with Crippen LogP contribution in [0.3, 0.4) is 0 Å². The van der Waals surface area contributed by atoms with Crippen LogP contribution in [0.2, 0.25) is 20.1 Å². The topological polar surface area (TPSA) is 210 Å². The van der Waals surface area contributed by atoms with Crippen LogP contribution in [0.4, 0.5) is 34.6 Å². The van der Waals surface area contributed by atoms with Gasteiger partial charge in [-0.3, -0.25) is 32.6 Å². The molecule has 0 bridgehead atoms. The van der Waals surface area contributed by atoms with Crippen LogP contribution in [0.1, 0.15) is 121 Å². The molecule has 0 aliphatic carbocycles. The van der Waals surface area contributed by atoms with Crippen LogP contribution in [0.5, 0.6) is 0 Å². The minimum absolute atomic E-state index is 0. The van der Waals surface area contributed by atoms with Crippen molar-refractivity contribution < 1.29 is 31.8 Å². The molecule has 9 aliphatic heterocycles. The normalized spacial score (nSPS) is 21.1. The van der Waals surface area contributed by atoms with E-state index in [-0.39, 0.29) is 36.8 Å². The molecule has 3 saturated heterocycles. The lowest BCUT2D eigenvalue weighted by Gasteiger charge is -2.30. The Kier molecular flexibility index (Phi) is 32.2. The van der Waals surface area contributed by atoms with Crippen LogP contribution in [-0.4, -0.2) is 123 Å². The maximum absolute atomic E-state index is 14.6. The molecule has 1 aromatic heterocycles. The Bertz CT molecular complexity index is 4730. The van der Waals surface area contributed by atoms with Crippen LogP contribution in [0.25, 0.3) is 11.1 Å². The zero-order chi connectivity index (χ0) is 82.7. The molecule has 0 radical (unpaired) electrons. The van der Waals surface area contributed by atoms with Gasteiger partial charge in [0.2, 0.25) is 0 Å². The fraction of sp³-hybridized carbons (Fsp3) is 0.348. The highest BCUT2D eigenvalue weighted by molar-refractivity contribution is 6.42. The van der Waals surface area contributed by atoms with Crippen molar-refractivity contribution in [2.45, 2.75) is 87.5 Å². The Morgan fingerprint density at radius 1 is 0.316 bits per heavy atom. The number of anilines is 3. The Morgan fingerprint density at radius 3 is 1.00 bits per heavy atom. The van der Waals surface area contributed by atoms with Crippen LogP contribution >= 0.6 is 46.4 Å². The highest BCUT2D eigenvalue weighted by Crippen LogP contribution is 2.36. The van der Waals surface area contributed by atoms with Gasteiger partial charge in [0.25, 0.3) is 0 Å². The standard InChI is InChI=1S/C16H19ClFN3O.C16H20ClN3O.C16H20FN3O.C16H16N4.C12H12Cl2N2.C12H12F2N2.CH4/c1-10-7-11(2)19-20-15(10)12-8-13(17)16(14(18)9-12)21-3-5-22-6-4-21;2*1-11-9-12(2)18-19-16(11)13-3-4-15(14(17)10-13)20-5-7-21-8-6-20;1-11-7-12(2)19-20-16(11)14-5-3-13(4-6-14)15-8-17-10-18-9-15;2*1-7-5-8(2)15-16-12(7)9-3-4-10(13)11(14)6-9;/h8-10,19H,2-7H2,1H3;2*3-4,10-11,18H,2,5-9H2,1H3;3-6,8-11,19H,2,7H2,1H3;2*3-4,6-7,15H,2,5H2,1H3;1H4/t10-;3*11-;2*7-;/m111111./s1. The van der Waals surface area contributed by atoms with E-state index in [1.54, 1.807) is 18.2 Å². The van der Waals surface area contributed by atoms with Gasteiger partial charge in [0, 0.05) is 144 Å². The molecule has 618 valence electrons. The summed E-state index contributed by atoms with van der Waals surface area (Å²) in [6, 6.07) is 32.6. The number of hydrogen-bond acceptors (Lipinski definition) is 20. The molecule has 6 aromatic carbocycles. The number of nitrogens with one attached hydrogen (secondary N) is 6. The quantitative estimate of drug-likeness (QED) is 0.0704. The van der Waals surface area contributed by atoms with Crippen molar-refractivity contribution in [2.75, 3.05) is 93.6 Å². The van der Waals surface area contributed by atoms with Gasteiger partial charge in [-0.25, -0.2) is 27.5 Å². The van der Waals surface area contributed by atoms with Gasteiger partial charge in [-0.1, -0.05) is 177 Å². The highest BCUT2D eigenvalue weighted by atomic mass is 35.5. The molecular weight excluding hydrogens is 1570 g/mol. The van der Waals surface area contributed by atoms with Crippen molar-refractivity contribution in [1.29, 1.82) is 0 Å². The fourth-order valence-corrected chi connectivity index (χ4v) is 15.4. The lowest BCUT2D eigenvalue weighted by molar-refractivity contribution is 0.122. The number of nitrogens with zero attached hydrogens (tertiary/aromatic N) is 11. The molecule has 9 aliphatic rings. The van der Waals surface area contributed by atoms with Crippen molar-refractivity contribution >= 4 is 97.7 Å². The first kappa shape index (κ1) is 89.2. The minimum Gasteiger partial charge on any atom is -0.378 e. The lowest BCUT2D eigenvalue weighted by Crippen LogP contribution is -2.37. The summed E-state index contributed by atoms with van der Waals surface area (Å²) < 4.78 is 70.9. The first-order valence-corrected chi connectivity index (χ1v) is 40.2. The van der Waals surface area contributed by atoms with Gasteiger partial charge in [0.15, 0.2) is 11.6 Å². The SMILES string of the molecule is C.C=C1C[C@@H](C)C(c2cc(F)c(N3CCOCC3)c(Cl)c2)=NN1.C=C1C[C@@H](C)C(c2ccc(-c3cncnc3)cc2)=NN1.C=C1C[C@@H](C)C(c2ccc(Cl)c(Cl)c2)=NN1.C=C1C[C@@H](C)C(c2ccc(F)c(F)c2)=NN1.C=C1C[C@@H](C)C(c2ccc(N3CCOCC3)c(Cl)c2)=NN1.C=C1C[C@@H](C)C(c2ccc(N3CCOCC3)c(F)c2)=NN1. The third kappa shape index (κ3) is 24.0. The van der Waals surface area contributed by atoms with E-state index in [0.29, 0.717) is 94.8 Å². The largest absolute Gasteiger partial charge is 0.378 e. The maximum Gasteiger partial charge on any atom is 0.159 e. The number of morpholine rings is 3. The molecule has 20 nitrogen and oxygen atoms in total. The van der Waals surface area contributed by atoms with Gasteiger partial charge in [0.1, 0.15) is 18.0 Å². The Labute approximate surface area is 704 Å². The number of rotatable bonds is 10. The third-order valence-corrected chi connectivity index (χ3v) is 21.8. The predicted octanol–water partition coefficient (Wildman–Crippen LogP) is 19.0. The van der Waals surface area contributed by atoms with Gasteiger partial charge < -0.3 is 28.9 Å². The maximum atomic E-state index is 14.6. The summed E-state index contributed by atoms with van der Waals surface area (Å²) >= 11 is 24.7. The molecule has 0 saturated carbocycles. The van der Waals surface area contributed by atoms with E-state index in [4.69, 9.17) is 60.6 Å². The first-order valence-electron chi connectivity index (χ1n) is 38.7. The van der Waals surface area contributed by atoms with Gasteiger partial charge >= 0.3 is 0 Å². The second kappa shape index (κ2) is 42.3. The fourth-order valence-electron chi connectivity index (χ4n) is 14.5. The number of allylic oxidation sites excluding steroid dienone is 6. The summed E-state index contributed by atoms with van der Waals surface area (Å²) in [7, 11) is 0. The number of hydrogen-bond donors (Lipinski definition) is 6. The van der Waals surface area contributed by atoms with E-state index in [1.165, 1.54) is 24.5 Å². The molecule has 16 rings (SSSR count). The van der Waals surface area contributed by atoms with Crippen molar-refractivity contribution in [3.63, 3.8) is 0 Å². The van der Waals surface area contributed by atoms with Gasteiger partial charge in [-0.05, 0) is 128 Å². The molecule has 0 spiro atoms. The first-order chi connectivity index (χ1) is 55.7. The predicted molar refractivity (Wildman–Crippen MR) is 471 cm³/mol. The van der Waals surface area contributed by atoms with Crippen molar-refractivity contribution in [1.82, 2.24) is 42.5 Å². The van der Waals surface area contributed by atoms with Crippen molar-refractivity contribution in [3.8, 4) is 11.1 Å². The van der Waals surface area contributed by atoms with Crippen LogP contribution < -0.4 is 47.3 Å². The second-order valence-electron chi connectivity index (χ2n) is 29.8. The average Bonchev–Trinajstić information content (AvgIpc) is 0.806. The molecule has 117 heavy (non-hydrogen) atoms. The molecule has 0 amide bonds. The summed E-state index contributed by atoms with van der Waals surface area (Å²) in [5.74, 6) is -0.562. The van der Waals surface area contributed by atoms with Gasteiger partial charge in [-0.15, -0.1) is 0 Å². The Balaban J connectivity index is 0.000000148. The van der Waals surface area contributed by atoms with E-state index < -0.39 is 11.6 Å². The zero-order valence-electron chi connectivity index (χ0n) is 66.2. The van der Waals surface area contributed by atoms with Gasteiger partial charge in [0.05, 0.1) is 111 Å². The summed E-state index contributed by atoms with van der Waals surface area (Å²) in [5.41, 5.74) is 38.1. The molecule has 10 heterocycles. The molecule has 6 atom stereocenters. The smallest absolute Gasteiger partial charge is 0.159 e. The highest BCUT2D eigenvalue weighted by Gasteiger charge is 2.29. The van der Waals surface area contributed by atoms with Crippen molar-refractivity contribution in [2.24, 2.45) is 66.1 Å². The molecule has 28 heteroatoms. The average molecular weight is 1680 g/mol. The van der Waals surface area contributed by atoms with E-state index in [1.807, 2.05) is 66.4 Å². The van der Waals surface area contributed by atoms with Gasteiger partial charge in [-0.2, -0.15) is 30.6 Å². The number of ether oxygens (including phenoxy) is 3. The Hall–Kier alpha value is -10.2. The van der Waals surface area contributed by atoms with E-state index in [0.717, 1.165) is 197 Å². The monoisotopic (exact) mass is 1670 g/mol. The molecular formula is C89H103Cl4F4N17O3. The summed E-state index contributed by atoms with van der Waals surface area (Å²) in [4.78, 5) is 14.3. The van der Waals surface area contributed by atoms with E-state index in [2.05, 4.69) is 182 Å². The van der Waals surface area contributed by atoms with Crippen LogP contribution in [-0.2, 0) is 14.2 Å².